The molecule has 0 aliphatic heterocycles. The smallest absolute Gasteiger partial charge is 0.262 e. The molecule has 0 spiro atoms. The van der Waals surface area contributed by atoms with Crippen LogP contribution in [0, 0.1) is 0 Å². The molecule has 152 valence electrons. The minimum atomic E-state index is -0.211. The summed E-state index contributed by atoms with van der Waals surface area (Å²) in [7, 11) is 3.18. The third kappa shape index (κ3) is 4.96. The zero-order valence-corrected chi connectivity index (χ0v) is 17.4. The predicted molar refractivity (Wildman–Crippen MR) is 115 cm³/mol. The Morgan fingerprint density at radius 3 is 2.59 bits per heavy atom. The summed E-state index contributed by atoms with van der Waals surface area (Å²) in [6.45, 7) is 2.26. The Balaban J connectivity index is 1.81. The molecule has 7 nitrogen and oxygen atoms in total. The molecule has 1 atom stereocenters. The van der Waals surface area contributed by atoms with Crippen molar-refractivity contribution in [3.63, 3.8) is 0 Å². The van der Waals surface area contributed by atoms with Gasteiger partial charge in [-0.2, -0.15) is 0 Å². The van der Waals surface area contributed by atoms with E-state index in [0.717, 1.165) is 0 Å². The number of hydrogen-bond acceptors (Lipinski definition) is 6. The van der Waals surface area contributed by atoms with Gasteiger partial charge in [0.05, 0.1) is 36.4 Å². The highest BCUT2D eigenvalue weighted by Crippen LogP contribution is 2.22. The largest absolute Gasteiger partial charge is 0.497 e. The van der Waals surface area contributed by atoms with Crippen molar-refractivity contribution in [2.75, 3.05) is 31.9 Å². The second-order valence-corrected chi connectivity index (χ2v) is 7.40. The first-order valence-electron chi connectivity index (χ1n) is 9.10. The van der Waals surface area contributed by atoms with E-state index in [1.54, 1.807) is 55.2 Å². The number of amides is 1. The maximum atomic E-state index is 13.0. The van der Waals surface area contributed by atoms with E-state index in [-0.39, 0.29) is 23.3 Å². The van der Waals surface area contributed by atoms with E-state index in [4.69, 9.17) is 9.47 Å². The Kier molecular flexibility index (Phi) is 6.90. The van der Waals surface area contributed by atoms with Crippen LogP contribution in [0.15, 0.2) is 58.5 Å². The summed E-state index contributed by atoms with van der Waals surface area (Å²) >= 11 is 1.22. The molecule has 0 saturated carbocycles. The highest BCUT2D eigenvalue weighted by atomic mass is 32.2. The quantitative estimate of drug-likeness (QED) is 0.451. The Bertz CT molecular complexity index is 1050. The van der Waals surface area contributed by atoms with Crippen LogP contribution >= 0.6 is 11.8 Å². The first kappa shape index (κ1) is 20.9. The van der Waals surface area contributed by atoms with Crippen molar-refractivity contribution in [1.82, 2.24) is 9.55 Å². The fourth-order valence-corrected chi connectivity index (χ4v) is 3.83. The Hall–Kier alpha value is -2.84. The van der Waals surface area contributed by atoms with Crippen molar-refractivity contribution in [1.29, 1.82) is 0 Å². The average molecular weight is 413 g/mol. The molecule has 0 saturated heterocycles. The van der Waals surface area contributed by atoms with Gasteiger partial charge in [0.1, 0.15) is 5.75 Å². The van der Waals surface area contributed by atoms with E-state index in [1.807, 2.05) is 19.1 Å². The number of nitrogens with one attached hydrogen (secondary N) is 1. The number of carbonyl (C=O) groups is 1. The standard InChI is InChI=1S/C21H23N3O4S/c1-14(12-27-2)24-20(26)17-6-4-5-7-18(17)23-21(24)29-13-19(25)22-15-8-10-16(28-3)11-9-15/h4-11,14H,12-13H2,1-3H3,(H,22,25)/t14-/m1/s1. The Morgan fingerprint density at radius 1 is 1.17 bits per heavy atom. The number of fused-ring (bicyclic) bond motifs is 1. The summed E-state index contributed by atoms with van der Waals surface area (Å²) in [4.78, 5) is 30.0. The number of rotatable bonds is 8. The van der Waals surface area contributed by atoms with Crippen LogP contribution < -0.4 is 15.6 Å². The van der Waals surface area contributed by atoms with Gasteiger partial charge in [0.15, 0.2) is 5.16 Å². The van der Waals surface area contributed by atoms with Crippen LogP contribution in [0.3, 0.4) is 0 Å². The van der Waals surface area contributed by atoms with Gasteiger partial charge < -0.3 is 14.8 Å². The molecule has 3 aromatic rings. The van der Waals surface area contributed by atoms with Gasteiger partial charge >= 0.3 is 0 Å². The second-order valence-electron chi connectivity index (χ2n) is 6.46. The number of hydrogen-bond donors (Lipinski definition) is 1. The van der Waals surface area contributed by atoms with E-state index in [2.05, 4.69) is 10.3 Å². The zero-order chi connectivity index (χ0) is 20.8. The minimum Gasteiger partial charge on any atom is -0.497 e. The SMILES string of the molecule is COC[C@@H](C)n1c(SCC(=O)Nc2ccc(OC)cc2)nc2ccccc2c1=O. The first-order valence-corrected chi connectivity index (χ1v) is 10.1. The third-order valence-electron chi connectivity index (χ3n) is 4.33. The summed E-state index contributed by atoms with van der Waals surface area (Å²) in [5, 5.41) is 3.87. The molecule has 1 amide bonds. The summed E-state index contributed by atoms with van der Waals surface area (Å²) < 4.78 is 11.9. The van der Waals surface area contributed by atoms with Crippen molar-refractivity contribution < 1.29 is 14.3 Å². The number of nitrogens with zero attached hydrogens (tertiary/aromatic N) is 2. The lowest BCUT2D eigenvalue weighted by Crippen LogP contribution is -2.29. The number of carbonyl (C=O) groups excluding carboxylic acids is 1. The summed E-state index contributed by atoms with van der Waals surface area (Å²) in [6.07, 6.45) is 0. The molecule has 0 radical (unpaired) electrons. The van der Waals surface area contributed by atoms with Gasteiger partial charge in [-0.05, 0) is 43.3 Å². The van der Waals surface area contributed by atoms with Crippen molar-refractivity contribution in [2.45, 2.75) is 18.1 Å². The maximum Gasteiger partial charge on any atom is 0.262 e. The molecule has 2 aromatic carbocycles. The van der Waals surface area contributed by atoms with Gasteiger partial charge in [0.25, 0.3) is 5.56 Å². The number of aromatic nitrogens is 2. The number of thioether (sulfide) groups is 1. The van der Waals surface area contributed by atoms with Crippen LogP contribution in [0.4, 0.5) is 5.69 Å². The van der Waals surface area contributed by atoms with E-state index in [9.17, 15) is 9.59 Å². The highest BCUT2D eigenvalue weighted by molar-refractivity contribution is 7.99. The fraction of sp³-hybridized carbons (Fsp3) is 0.286. The van der Waals surface area contributed by atoms with Crippen molar-refractivity contribution in [3.8, 4) is 5.75 Å². The zero-order valence-electron chi connectivity index (χ0n) is 16.5. The topological polar surface area (TPSA) is 82.4 Å². The maximum absolute atomic E-state index is 13.0. The molecule has 8 heteroatoms. The molecule has 1 heterocycles. The summed E-state index contributed by atoms with van der Waals surface area (Å²) in [5.74, 6) is 0.652. The van der Waals surface area contributed by atoms with Gasteiger partial charge in [-0.25, -0.2) is 4.98 Å². The monoisotopic (exact) mass is 413 g/mol. The highest BCUT2D eigenvalue weighted by Gasteiger charge is 2.17. The van der Waals surface area contributed by atoms with Crippen LogP contribution in [0.25, 0.3) is 10.9 Å². The number of para-hydroxylation sites is 1. The molecular weight excluding hydrogens is 390 g/mol. The van der Waals surface area contributed by atoms with Crippen LogP contribution in [-0.4, -0.2) is 42.0 Å². The van der Waals surface area contributed by atoms with E-state index >= 15 is 0 Å². The molecule has 0 aliphatic carbocycles. The lowest BCUT2D eigenvalue weighted by atomic mass is 10.2. The molecular formula is C21H23N3O4S. The minimum absolute atomic E-state index is 0.122. The first-order chi connectivity index (χ1) is 14.0. The van der Waals surface area contributed by atoms with Crippen LogP contribution in [0.5, 0.6) is 5.75 Å². The third-order valence-corrected chi connectivity index (χ3v) is 5.28. The van der Waals surface area contributed by atoms with Gasteiger partial charge in [-0.3, -0.25) is 14.2 Å². The van der Waals surface area contributed by atoms with Gasteiger partial charge in [-0.15, -0.1) is 0 Å². The molecule has 29 heavy (non-hydrogen) atoms. The second kappa shape index (κ2) is 9.58. The normalized spacial score (nSPS) is 12.0. The van der Waals surface area contributed by atoms with Crippen LogP contribution in [-0.2, 0) is 9.53 Å². The van der Waals surface area contributed by atoms with Crippen LogP contribution in [0.1, 0.15) is 13.0 Å². The molecule has 0 bridgehead atoms. The number of methoxy groups -OCH3 is 2. The van der Waals surface area contributed by atoms with Gasteiger partial charge in [-0.1, -0.05) is 23.9 Å². The summed E-state index contributed by atoms with van der Waals surface area (Å²) in [5.41, 5.74) is 1.14. The van der Waals surface area contributed by atoms with Gasteiger partial charge in [0.2, 0.25) is 5.91 Å². The Morgan fingerprint density at radius 2 is 1.90 bits per heavy atom. The van der Waals surface area contributed by atoms with Crippen molar-refractivity contribution >= 4 is 34.3 Å². The molecule has 1 N–H and O–H groups in total. The lowest BCUT2D eigenvalue weighted by Gasteiger charge is -2.18. The van der Waals surface area contributed by atoms with Crippen LogP contribution in [0.2, 0.25) is 0 Å². The Labute approximate surface area is 173 Å². The number of anilines is 1. The number of benzene rings is 2. The lowest BCUT2D eigenvalue weighted by molar-refractivity contribution is -0.113. The van der Waals surface area contributed by atoms with E-state index < -0.39 is 0 Å². The predicted octanol–water partition coefficient (Wildman–Crippen LogP) is 3.34. The molecule has 3 rings (SSSR count). The molecule has 0 aliphatic rings. The summed E-state index contributed by atoms with van der Waals surface area (Å²) in [6, 6.07) is 14.1. The number of ether oxygens (including phenoxy) is 2. The average Bonchev–Trinajstić information content (AvgIpc) is 2.73. The van der Waals surface area contributed by atoms with Gasteiger partial charge in [0, 0.05) is 12.8 Å². The van der Waals surface area contributed by atoms with Crippen molar-refractivity contribution in [3.05, 3.63) is 58.9 Å². The van der Waals surface area contributed by atoms with Crippen molar-refractivity contribution in [2.24, 2.45) is 0 Å². The van der Waals surface area contributed by atoms with E-state index in [1.165, 1.54) is 11.8 Å². The molecule has 0 fully saturated rings. The van der Waals surface area contributed by atoms with E-state index in [0.29, 0.717) is 34.1 Å². The fourth-order valence-electron chi connectivity index (χ4n) is 2.93. The molecule has 1 aromatic heterocycles. The molecule has 0 unspecified atom stereocenters.